The maximum atomic E-state index is 11.8. The zero-order chi connectivity index (χ0) is 18.1. The van der Waals surface area contributed by atoms with Gasteiger partial charge < -0.3 is 4.74 Å². The number of Topliss-reactive ketones (excluding diaryl/α,β-unsaturated/α-hetero) is 1. The molecule has 0 aliphatic carbocycles. The molecular formula is C16H13Cl2N3O4. The monoisotopic (exact) mass is 381 g/mol. The Balaban J connectivity index is 1.91. The van der Waals surface area contributed by atoms with Gasteiger partial charge in [0, 0.05) is 17.2 Å². The van der Waals surface area contributed by atoms with Gasteiger partial charge in [-0.2, -0.15) is 0 Å². The molecule has 0 atom stereocenters. The van der Waals surface area contributed by atoms with E-state index >= 15 is 0 Å². The highest BCUT2D eigenvalue weighted by Gasteiger charge is 2.21. The minimum absolute atomic E-state index is 0.0207. The van der Waals surface area contributed by atoms with Gasteiger partial charge in [-0.1, -0.05) is 42.2 Å². The van der Waals surface area contributed by atoms with E-state index in [1.807, 2.05) is 13.8 Å². The number of hydrogen-bond acceptors (Lipinski definition) is 6. The maximum absolute atomic E-state index is 11.8. The van der Waals surface area contributed by atoms with E-state index in [9.17, 15) is 9.59 Å². The topological polar surface area (TPSA) is 97.6 Å². The quantitative estimate of drug-likeness (QED) is 0.879. The number of ketones is 1. The van der Waals surface area contributed by atoms with Crippen molar-refractivity contribution in [2.75, 3.05) is 6.54 Å². The third-order valence-electron chi connectivity index (χ3n) is 3.52. The van der Waals surface area contributed by atoms with Crippen LogP contribution in [0.2, 0.25) is 10.0 Å². The Morgan fingerprint density at radius 1 is 1.24 bits per heavy atom. The number of carbonyl (C=O) groups excluding carboxylic acids is 1. The Morgan fingerprint density at radius 2 is 1.92 bits per heavy atom. The highest BCUT2D eigenvalue weighted by atomic mass is 35.5. The minimum atomic E-state index is -0.685. The molecule has 0 fully saturated rings. The third-order valence-corrected chi connectivity index (χ3v) is 4.08. The number of rotatable bonds is 3. The van der Waals surface area contributed by atoms with E-state index in [0.29, 0.717) is 11.1 Å². The first-order chi connectivity index (χ1) is 11.8. The summed E-state index contributed by atoms with van der Waals surface area (Å²) in [4.78, 5) is 29.4. The molecule has 2 aromatic rings. The number of nitrogens with zero attached hydrogens (tertiary/aromatic N) is 2. The highest BCUT2D eigenvalue weighted by molar-refractivity contribution is 6.37. The van der Waals surface area contributed by atoms with Crippen molar-refractivity contribution in [2.24, 2.45) is 10.9 Å². The van der Waals surface area contributed by atoms with Crippen LogP contribution in [0, 0.1) is 5.92 Å². The number of ether oxygens (including phenoxy) is 1. The molecule has 130 valence electrons. The van der Waals surface area contributed by atoms with Crippen molar-refractivity contribution in [2.45, 2.75) is 13.8 Å². The number of aliphatic imine (C=N–C) groups is 1. The number of aromatic nitrogens is 2. The Kier molecular flexibility index (Phi) is 4.78. The predicted octanol–water partition coefficient (Wildman–Crippen LogP) is 3.28. The Bertz CT molecular complexity index is 933. The van der Waals surface area contributed by atoms with Gasteiger partial charge in [0.15, 0.2) is 17.4 Å². The number of dihydropyridines is 1. The van der Waals surface area contributed by atoms with Crippen molar-refractivity contribution in [3.05, 3.63) is 44.4 Å². The zero-order valence-electron chi connectivity index (χ0n) is 13.3. The van der Waals surface area contributed by atoms with Crippen molar-refractivity contribution < 1.29 is 14.1 Å². The predicted molar refractivity (Wildman–Crippen MR) is 93.4 cm³/mol. The SMILES string of the molecule is CC(C)C1=CC(Oc2c(Cl)cc(-c3noc(=O)[nH]3)cc2Cl)=NCC1=O. The molecule has 0 bridgehead atoms. The normalized spacial score (nSPS) is 14.5. The molecule has 0 unspecified atom stereocenters. The minimum Gasteiger partial charge on any atom is -0.436 e. The smallest absolute Gasteiger partial charge is 0.436 e. The Morgan fingerprint density at radius 3 is 2.48 bits per heavy atom. The van der Waals surface area contributed by atoms with E-state index in [2.05, 4.69) is 19.7 Å². The fraction of sp³-hybridized carbons (Fsp3) is 0.250. The summed E-state index contributed by atoms with van der Waals surface area (Å²) in [5.41, 5.74) is 1.10. The molecule has 0 spiro atoms. The molecular weight excluding hydrogens is 369 g/mol. The van der Waals surface area contributed by atoms with Gasteiger partial charge in [0.2, 0.25) is 5.90 Å². The summed E-state index contributed by atoms with van der Waals surface area (Å²) < 4.78 is 10.1. The molecule has 25 heavy (non-hydrogen) atoms. The molecule has 0 amide bonds. The van der Waals surface area contributed by atoms with Gasteiger partial charge in [0.05, 0.1) is 10.0 Å². The summed E-state index contributed by atoms with van der Waals surface area (Å²) >= 11 is 12.5. The first-order valence-corrected chi connectivity index (χ1v) is 8.13. The van der Waals surface area contributed by atoms with Crippen molar-refractivity contribution in [1.82, 2.24) is 10.1 Å². The second kappa shape index (κ2) is 6.85. The van der Waals surface area contributed by atoms with Gasteiger partial charge in [0.1, 0.15) is 6.54 Å². The van der Waals surface area contributed by atoms with Crippen LogP contribution >= 0.6 is 23.2 Å². The third kappa shape index (κ3) is 3.67. The number of halogens is 2. The van der Waals surface area contributed by atoms with Crippen LogP contribution in [-0.4, -0.2) is 28.4 Å². The summed E-state index contributed by atoms with van der Waals surface area (Å²) in [7, 11) is 0. The molecule has 0 saturated heterocycles. The lowest BCUT2D eigenvalue weighted by Gasteiger charge is -2.16. The van der Waals surface area contributed by atoms with Crippen molar-refractivity contribution in [1.29, 1.82) is 0 Å². The fourth-order valence-corrected chi connectivity index (χ4v) is 2.87. The molecule has 1 aliphatic heterocycles. The summed E-state index contributed by atoms with van der Waals surface area (Å²) in [5.74, 6) is -0.0121. The second-order valence-corrected chi connectivity index (χ2v) is 6.46. The number of hydrogen-bond donors (Lipinski definition) is 1. The van der Waals surface area contributed by atoms with Gasteiger partial charge in [0.25, 0.3) is 0 Å². The molecule has 0 saturated carbocycles. The summed E-state index contributed by atoms with van der Waals surface area (Å²) in [6.07, 6.45) is 1.59. The number of benzene rings is 1. The molecule has 9 heteroatoms. The van der Waals surface area contributed by atoms with Crippen LogP contribution in [0.4, 0.5) is 0 Å². The van der Waals surface area contributed by atoms with Crippen LogP contribution in [0.15, 0.2) is 38.1 Å². The Labute approximate surface area is 152 Å². The van der Waals surface area contributed by atoms with E-state index in [1.165, 1.54) is 12.1 Å². The van der Waals surface area contributed by atoms with E-state index in [-0.39, 0.29) is 45.8 Å². The fourth-order valence-electron chi connectivity index (χ4n) is 2.30. The van der Waals surface area contributed by atoms with E-state index in [4.69, 9.17) is 27.9 Å². The number of carbonyl (C=O) groups is 1. The molecule has 1 aromatic heterocycles. The lowest BCUT2D eigenvalue weighted by molar-refractivity contribution is -0.114. The van der Waals surface area contributed by atoms with Crippen LogP contribution in [-0.2, 0) is 4.79 Å². The van der Waals surface area contributed by atoms with Gasteiger partial charge >= 0.3 is 5.76 Å². The van der Waals surface area contributed by atoms with Gasteiger partial charge in [-0.3, -0.25) is 14.3 Å². The second-order valence-electron chi connectivity index (χ2n) is 5.65. The zero-order valence-corrected chi connectivity index (χ0v) is 14.8. The molecule has 7 nitrogen and oxygen atoms in total. The summed E-state index contributed by atoms with van der Waals surface area (Å²) in [6, 6.07) is 3.05. The Hall–Kier alpha value is -2.38. The van der Waals surface area contributed by atoms with Crippen LogP contribution < -0.4 is 10.5 Å². The lowest BCUT2D eigenvalue weighted by Crippen LogP contribution is -2.21. The van der Waals surface area contributed by atoms with Crippen molar-refractivity contribution >= 4 is 34.9 Å². The first kappa shape index (κ1) is 17.4. The number of nitrogens with one attached hydrogen (secondary N) is 1. The molecule has 3 rings (SSSR count). The van der Waals surface area contributed by atoms with E-state index in [0.717, 1.165) is 0 Å². The molecule has 1 aliphatic rings. The molecule has 0 radical (unpaired) electrons. The maximum Gasteiger partial charge on any atom is 0.439 e. The summed E-state index contributed by atoms with van der Waals surface area (Å²) in [5, 5.41) is 3.98. The molecule has 1 aromatic carbocycles. The van der Waals surface area contributed by atoms with E-state index < -0.39 is 5.76 Å². The van der Waals surface area contributed by atoms with E-state index in [1.54, 1.807) is 6.08 Å². The largest absolute Gasteiger partial charge is 0.439 e. The highest BCUT2D eigenvalue weighted by Crippen LogP contribution is 2.37. The molecule has 1 N–H and O–H groups in total. The van der Waals surface area contributed by atoms with Crippen LogP contribution in [0.5, 0.6) is 5.75 Å². The summed E-state index contributed by atoms with van der Waals surface area (Å²) in [6.45, 7) is 3.85. The number of H-pyrrole nitrogens is 1. The van der Waals surface area contributed by atoms with Crippen LogP contribution in [0.25, 0.3) is 11.4 Å². The van der Waals surface area contributed by atoms with Crippen LogP contribution in [0.3, 0.4) is 0 Å². The first-order valence-electron chi connectivity index (χ1n) is 7.37. The standard InChI is InChI=1S/C16H13Cl2N3O4/c1-7(2)9-5-13(19-6-12(9)22)24-14-10(17)3-8(4-11(14)18)15-20-16(23)25-21-15/h3-5,7H,6H2,1-2H3,(H,20,21,23). The average Bonchev–Trinajstić information content (AvgIpc) is 2.98. The number of aromatic amines is 1. The van der Waals surface area contributed by atoms with Crippen molar-refractivity contribution in [3.63, 3.8) is 0 Å². The van der Waals surface area contributed by atoms with Crippen LogP contribution in [0.1, 0.15) is 13.8 Å². The average molecular weight is 382 g/mol. The molecule has 2 heterocycles. The lowest BCUT2D eigenvalue weighted by atomic mass is 9.97. The van der Waals surface area contributed by atoms with Crippen molar-refractivity contribution in [3.8, 4) is 17.1 Å². The van der Waals surface area contributed by atoms with Gasteiger partial charge in [-0.15, -0.1) is 0 Å². The van der Waals surface area contributed by atoms with Gasteiger partial charge in [-0.05, 0) is 18.1 Å². The van der Waals surface area contributed by atoms with Gasteiger partial charge in [-0.25, -0.2) is 9.79 Å².